The van der Waals surface area contributed by atoms with Crippen molar-refractivity contribution in [1.82, 2.24) is 0 Å². The highest BCUT2D eigenvalue weighted by Gasteiger charge is 2.26. The summed E-state index contributed by atoms with van der Waals surface area (Å²) >= 11 is 0. The molecule has 1 aromatic carbocycles. The lowest BCUT2D eigenvalue weighted by atomic mass is 10.2. The van der Waals surface area contributed by atoms with Gasteiger partial charge in [0, 0.05) is 6.26 Å². The summed E-state index contributed by atoms with van der Waals surface area (Å²) in [6.07, 6.45) is 0.928. The van der Waals surface area contributed by atoms with Crippen LogP contribution in [0.1, 0.15) is 11.7 Å². The van der Waals surface area contributed by atoms with Crippen molar-refractivity contribution in [3.63, 3.8) is 0 Å². The van der Waals surface area contributed by atoms with Crippen LogP contribution < -0.4 is 0 Å². The van der Waals surface area contributed by atoms with Gasteiger partial charge in [-0.15, -0.1) is 0 Å². The molecule has 0 unspecified atom stereocenters. The molecule has 5 heteroatoms. The summed E-state index contributed by atoms with van der Waals surface area (Å²) in [4.78, 5) is -0.262. The highest BCUT2D eigenvalue weighted by Crippen LogP contribution is 2.31. The Morgan fingerprint density at radius 1 is 1.50 bits per heavy atom. The Morgan fingerprint density at radius 3 is 2.57 bits per heavy atom. The van der Waals surface area contributed by atoms with Gasteiger partial charge in [0.25, 0.3) is 0 Å². The summed E-state index contributed by atoms with van der Waals surface area (Å²) in [5.74, 6) is -0.708. The molecular formula is C9H9FO3S. The molecule has 1 aliphatic heterocycles. The molecule has 1 aliphatic rings. The van der Waals surface area contributed by atoms with E-state index in [1.54, 1.807) is 6.07 Å². The van der Waals surface area contributed by atoms with Crippen molar-refractivity contribution in [2.45, 2.75) is 11.0 Å². The third kappa shape index (κ3) is 1.78. The summed E-state index contributed by atoms with van der Waals surface area (Å²) in [7, 11) is -3.47. The van der Waals surface area contributed by atoms with Gasteiger partial charge in [-0.05, 0) is 17.7 Å². The van der Waals surface area contributed by atoms with Gasteiger partial charge in [0.1, 0.15) is 16.8 Å². The minimum absolute atomic E-state index is 0.0573. The van der Waals surface area contributed by atoms with Crippen LogP contribution in [0.5, 0.6) is 0 Å². The molecule has 14 heavy (non-hydrogen) atoms. The molecule has 2 rings (SSSR count). The van der Waals surface area contributed by atoms with E-state index in [2.05, 4.69) is 0 Å². The number of benzene rings is 1. The Balaban J connectivity index is 2.46. The summed E-state index contributed by atoms with van der Waals surface area (Å²) in [5.41, 5.74) is 0.690. The fourth-order valence-electron chi connectivity index (χ4n) is 1.26. The quantitative estimate of drug-likeness (QED) is 0.700. The van der Waals surface area contributed by atoms with Crippen molar-refractivity contribution in [2.24, 2.45) is 0 Å². The van der Waals surface area contributed by atoms with Gasteiger partial charge >= 0.3 is 0 Å². The second-order valence-electron chi connectivity index (χ2n) is 3.28. The molecule has 1 atom stereocenters. The second-order valence-corrected chi connectivity index (χ2v) is 5.27. The topological polar surface area (TPSA) is 46.7 Å². The predicted molar refractivity (Wildman–Crippen MR) is 48.2 cm³/mol. The van der Waals surface area contributed by atoms with Gasteiger partial charge in [0.15, 0.2) is 9.84 Å². The van der Waals surface area contributed by atoms with Crippen molar-refractivity contribution in [3.05, 3.63) is 29.6 Å². The molecule has 0 aromatic heterocycles. The van der Waals surface area contributed by atoms with E-state index in [4.69, 9.17) is 4.74 Å². The molecule has 3 nitrogen and oxygen atoms in total. The Kier molecular flexibility index (Phi) is 2.08. The molecule has 1 heterocycles. The Morgan fingerprint density at radius 2 is 2.14 bits per heavy atom. The number of epoxide rings is 1. The number of halogens is 1. The molecule has 1 fully saturated rings. The van der Waals surface area contributed by atoms with Crippen LogP contribution in [0.15, 0.2) is 23.1 Å². The number of hydrogen-bond acceptors (Lipinski definition) is 3. The average Bonchev–Trinajstić information content (AvgIpc) is 2.83. The summed E-state index contributed by atoms with van der Waals surface area (Å²) < 4.78 is 40.4. The van der Waals surface area contributed by atoms with Crippen LogP contribution >= 0.6 is 0 Å². The smallest absolute Gasteiger partial charge is 0.178 e. The van der Waals surface area contributed by atoms with Gasteiger partial charge in [-0.1, -0.05) is 6.07 Å². The van der Waals surface area contributed by atoms with Crippen LogP contribution in [0.25, 0.3) is 0 Å². The van der Waals surface area contributed by atoms with Gasteiger partial charge < -0.3 is 4.74 Å². The summed E-state index contributed by atoms with van der Waals surface area (Å²) in [5, 5.41) is 0. The van der Waals surface area contributed by atoms with E-state index in [1.165, 1.54) is 12.1 Å². The highest BCUT2D eigenvalue weighted by molar-refractivity contribution is 7.90. The van der Waals surface area contributed by atoms with Gasteiger partial charge in [-0.2, -0.15) is 0 Å². The monoisotopic (exact) mass is 216 g/mol. The third-order valence-corrected chi connectivity index (χ3v) is 3.19. The largest absolute Gasteiger partial charge is 0.368 e. The third-order valence-electron chi connectivity index (χ3n) is 2.06. The lowest BCUT2D eigenvalue weighted by Crippen LogP contribution is -2.01. The molecule has 0 saturated carbocycles. The van der Waals surface area contributed by atoms with Crippen molar-refractivity contribution in [2.75, 3.05) is 12.9 Å². The van der Waals surface area contributed by atoms with Crippen molar-refractivity contribution in [3.8, 4) is 0 Å². The Labute approximate surface area is 81.4 Å². The second kappa shape index (κ2) is 3.03. The number of sulfone groups is 1. The molecular weight excluding hydrogens is 207 g/mol. The lowest BCUT2D eigenvalue weighted by molar-refractivity contribution is 0.414. The first kappa shape index (κ1) is 9.61. The maximum absolute atomic E-state index is 13.3. The zero-order chi connectivity index (χ0) is 10.3. The van der Waals surface area contributed by atoms with E-state index in [9.17, 15) is 12.8 Å². The van der Waals surface area contributed by atoms with Crippen LogP contribution in [0, 0.1) is 5.82 Å². The first-order valence-corrected chi connectivity index (χ1v) is 5.99. The van der Waals surface area contributed by atoms with E-state index in [0.717, 1.165) is 6.26 Å². The van der Waals surface area contributed by atoms with Crippen LogP contribution in [-0.2, 0) is 14.6 Å². The first-order valence-electron chi connectivity index (χ1n) is 4.09. The van der Waals surface area contributed by atoms with Gasteiger partial charge in [-0.3, -0.25) is 0 Å². The Bertz CT molecular complexity index is 463. The molecule has 0 N–H and O–H groups in total. The van der Waals surface area contributed by atoms with E-state index in [1.807, 2.05) is 0 Å². The lowest BCUT2D eigenvalue weighted by Gasteiger charge is -2.01. The van der Waals surface area contributed by atoms with E-state index in [-0.39, 0.29) is 11.0 Å². The molecule has 1 saturated heterocycles. The number of hydrogen-bond donors (Lipinski definition) is 0. The van der Waals surface area contributed by atoms with Gasteiger partial charge in [0.05, 0.1) is 6.61 Å². The molecule has 76 valence electrons. The van der Waals surface area contributed by atoms with Crippen molar-refractivity contribution in [1.29, 1.82) is 0 Å². The minimum Gasteiger partial charge on any atom is -0.368 e. The normalized spacial score (nSPS) is 20.9. The minimum atomic E-state index is -3.47. The van der Waals surface area contributed by atoms with Crippen molar-refractivity contribution >= 4 is 9.84 Å². The van der Waals surface area contributed by atoms with Gasteiger partial charge in [0.2, 0.25) is 0 Å². The van der Waals surface area contributed by atoms with Crippen molar-refractivity contribution < 1.29 is 17.5 Å². The molecule has 0 aliphatic carbocycles. The molecule has 0 bridgehead atoms. The van der Waals surface area contributed by atoms with E-state index >= 15 is 0 Å². The number of ether oxygens (including phenoxy) is 1. The first-order chi connectivity index (χ1) is 6.48. The zero-order valence-corrected chi connectivity index (χ0v) is 8.34. The van der Waals surface area contributed by atoms with Crippen LogP contribution in [0.2, 0.25) is 0 Å². The Hall–Kier alpha value is -0.940. The van der Waals surface area contributed by atoms with Crippen LogP contribution in [-0.4, -0.2) is 21.3 Å². The number of rotatable bonds is 2. The van der Waals surface area contributed by atoms with Gasteiger partial charge in [-0.25, -0.2) is 12.8 Å². The van der Waals surface area contributed by atoms with E-state index in [0.29, 0.717) is 12.2 Å². The zero-order valence-electron chi connectivity index (χ0n) is 7.53. The van der Waals surface area contributed by atoms with E-state index < -0.39 is 15.7 Å². The SMILES string of the molecule is CS(=O)(=O)c1ccc([C@@H]2CO2)cc1F. The van der Waals surface area contributed by atoms with Crippen LogP contribution in [0.4, 0.5) is 4.39 Å². The average molecular weight is 216 g/mol. The molecule has 1 aromatic rings. The standard InChI is InChI=1S/C9H9FO3S/c1-14(11,12)9-3-2-6(4-7(9)10)8-5-13-8/h2-4,8H,5H2,1H3/t8-/m0/s1. The predicted octanol–water partition coefficient (Wildman–Crippen LogP) is 1.30. The summed E-state index contributed by atoms with van der Waals surface area (Å²) in [6, 6.07) is 4.08. The maximum atomic E-state index is 13.3. The fraction of sp³-hybridized carbons (Fsp3) is 0.333. The van der Waals surface area contributed by atoms with Crippen LogP contribution in [0.3, 0.4) is 0 Å². The molecule has 0 spiro atoms. The summed E-state index contributed by atoms with van der Waals surface area (Å²) in [6.45, 7) is 0.581. The maximum Gasteiger partial charge on any atom is 0.178 e. The highest BCUT2D eigenvalue weighted by atomic mass is 32.2. The molecule has 0 radical (unpaired) electrons. The molecule has 0 amide bonds. The fourth-order valence-corrected chi connectivity index (χ4v) is 1.99.